The zero-order valence-electron chi connectivity index (χ0n) is 13.9. The molecule has 2 saturated heterocycles. The molecule has 0 amide bonds. The molecule has 3 rings (SSSR count). The fourth-order valence-electron chi connectivity index (χ4n) is 4.27. The molecule has 4 nitrogen and oxygen atoms in total. The fourth-order valence-corrected chi connectivity index (χ4v) is 4.27. The van der Waals surface area contributed by atoms with Gasteiger partial charge in [0, 0.05) is 31.0 Å². The van der Waals surface area contributed by atoms with E-state index in [1.807, 2.05) is 18.2 Å². The summed E-state index contributed by atoms with van der Waals surface area (Å²) in [6, 6.07) is 10.7. The number of carbonyl (C=O) groups is 2. The van der Waals surface area contributed by atoms with Gasteiger partial charge in [-0.15, -0.1) is 0 Å². The number of esters is 1. The lowest BCUT2D eigenvalue weighted by molar-refractivity contribution is -0.155. The molecule has 1 aromatic carbocycles. The highest BCUT2D eigenvalue weighted by Gasteiger charge is 2.43. The minimum Gasteiger partial charge on any atom is -0.461 e. The summed E-state index contributed by atoms with van der Waals surface area (Å²) >= 11 is 0. The number of nitrogens with zero attached hydrogens (tertiary/aromatic N) is 1. The molecule has 2 heterocycles. The van der Waals surface area contributed by atoms with Crippen molar-refractivity contribution in [1.82, 2.24) is 4.90 Å². The Bertz CT molecular complexity index is 543. The van der Waals surface area contributed by atoms with Crippen LogP contribution < -0.4 is 0 Å². The summed E-state index contributed by atoms with van der Waals surface area (Å²) in [5.41, 5.74) is 0.704. The van der Waals surface area contributed by atoms with Gasteiger partial charge >= 0.3 is 5.97 Å². The van der Waals surface area contributed by atoms with Gasteiger partial charge in [0.05, 0.1) is 0 Å². The second-order valence-corrected chi connectivity index (χ2v) is 6.98. The van der Waals surface area contributed by atoms with Crippen molar-refractivity contribution in [3.63, 3.8) is 0 Å². The number of carbonyl (C=O) groups excluding carboxylic acids is 2. The lowest BCUT2D eigenvalue weighted by Gasteiger charge is -2.41. The van der Waals surface area contributed by atoms with Gasteiger partial charge in [-0.1, -0.05) is 30.3 Å². The number of rotatable bonds is 5. The minimum absolute atomic E-state index is 0.0545. The van der Waals surface area contributed by atoms with Crippen LogP contribution in [0.3, 0.4) is 0 Å². The van der Waals surface area contributed by atoms with Gasteiger partial charge in [0.2, 0.25) is 0 Å². The molecule has 124 valence electrons. The van der Waals surface area contributed by atoms with Gasteiger partial charge in [0.1, 0.15) is 18.3 Å². The third-order valence-corrected chi connectivity index (χ3v) is 5.17. The van der Waals surface area contributed by atoms with Crippen LogP contribution in [0.2, 0.25) is 0 Å². The van der Waals surface area contributed by atoms with Crippen molar-refractivity contribution in [3.8, 4) is 0 Å². The number of fused-ring (bicyclic) bond motifs is 2. The lowest BCUT2D eigenvalue weighted by atomic mass is 9.97. The number of ether oxygens (including phenoxy) is 1. The van der Waals surface area contributed by atoms with E-state index in [4.69, 9.17) is 4.74 Å². The Morgan fingerprint density at radius 1 is 1.17 bits per heavy atom. The van der Waals surface area contributed by atoms with E-state index in [2.05, 4.69) is 18.7 Å². The molecule has 2 unspecified atom stereocenters. The van der Waals surface area contributed by atoms with E-state index in [9.17, 15) is 9.59 Å². The van der Waals surface area contributed by atoms with Crippen LogP contribution in [0, 0.1) is 0 Å². The van der Waals surface area contributed by atoms with Crippen molar-refractivity contribution in [1.29, 1.82) is 0 Å². The molecule has 0 saturated carbocycles. The monoisotopic (exact) mass is 315 g/mol. The summed E-state index contributed by atoms with van der Waals surface area (Å²) < 4.78 is 5.71. The van der Waals surface area contributed by atoms with E-state index >= 15 is 0 Å². The highest BCUT2D eigenvalue weighted by Crippen LogP contribution is 2.38. The SMILES string of the molecule is CC(C)N1[C@@H]2CC[C@H]1CC(OC(=O)C(C=O)c1ccccc1)C2. The van der Waals surface area contributed by atoms with Gasteiger partial charge < -0.3 is 9.53 Å². The molecule has 23 heavy (non-hydrogen) atoms. The normalized spacial score (nSPS) is 28.6. The fraction of sp³-hybridized carbons (Fsp3) is 0.579. The van der Waals surface area contributed by atoms with E-state index in [-0.39, 0.29) is 6.10 Å². The summed E-state index contributed by atoms with van der Waals surface area (Å²) in [6.07, 6.45) is 4.79. The van der Waals surface area contributed by atoms with Crippen LogP contribution in [-0.4, -0.2) is 41.4 Å². The first-order chi connectivity index (χ1) is 11.1. The molecule has 0 aliphatic carbocycles. The first kappa shape index (κ1) is 16.2. The van der Waals surface area contributed by atoms with E-state index < -0.39 is 11.9 Å². The maximum atomic E-state index is 12.4. The maximum Gasteiger partial charge on any atom is 0.320 e. The molecule has 2 aliphatic rings. The van der Waals surface area contributed by atoms with Crippen LogP contribution in [0.15, 0.2) is 30.3 Å². The van der Waals surface area contributed by atoms with Crippen molar-refractivity contribution in [2.45, 2.75) is 69.7 Å². The molecule has 0 N–H and O–H groups in total. The Morgan fingerprint density at radius 3 is 2.30 bits per heavy atom. The summed E-state index contributed by atoms with van der Waals surface area (Å²) in [6.45, 7) is 4.46. The molecule has 1 aromatic rings. The smallest absolute Gasteiger partial charge is 0.320 e. The van der Waals surface area contributed by atoms with Crippen LogP contribution in [0.4, 0.5) is 0 Å². The van der Waals surface area contributed by atoms with E-state index in [0.29, 0.717) is 30.0 Å². The predicted molar refractivity (Wildman–Crippen MR) is 88.1 cm³/mol. The maximum absolute atomic E-state index is 12.4. The van der Waals surface area contributed by atoms with Crippen LogP contribution in [0.5, 0.6) is 0 Å². The van der Waals surface area contributed by atoms with Crippen molar-refractivity contribution in [2.75, 3.05) is 0 Å². The quantitative estimate of drug-likeness (QED) is 0.476. The van der Waals surface area contributed by atoms with E-state index in [1.54, 1.807) is 12.1 Å². The molecule has 0 radical (unpaired) electrons. The van der Waals surface area contributed by atoms with E-state index in [0.717, 1.165) is 12.8 Å². The Morgan fingerprint density at radius 2 is 1.78 bits per heavy atom. The topological polar surface area (TPSA) is 46.6 Å². The highest BCUT2D eigenvalue weighted by atomic mass is 16.5. The summed E-state index contributed by atoms with van der Waals surface area (Å²) in [5.74, 6) is -1.22. The van der Waals surface area contributed by atoms with E-state index in [1.165, 1.54) is 12.8 Å². The first-order valence-corrected chi connectivity index (χ1v) is 8.58. The van der Waals surface area contributed by atoms with Crippen LogP contribution in [-0.2, 0) is 14.3 Å². The van der Waals surface area contributed by atoms with Crippen molar-refractivity contribution in [2.24, 2.45) is 0 Å². The van der Waals surface area contributed by atoms with Crippen molar-refractivity contribution < 1.29 is 14.3 Å². The third-order valence-electron chi connectivity index (χ3n) is 5.17. The molecular weight excluding hydrogens is 290 g/mol. The van der Waals surface area contributed by atoms with Gasteiger partial charge in [0.25, 0.3) is 0 Å². The molecule has 0 aromatic heterocycles. The zero-order chi connectivity index (χ0) is 16.4. The summed E-state index contributed by atoms with van der Waals surface area (Å²) in [4.78, 5) is 26.4. The van der Waals surface area contributed by atoms with Crippen molar-refractivity contribution in [3.05, 3.63) is 35.9 Å². The second-order valence-electron chi connectivity index (χ2n) is 6.98. The molecular formula is C19H25NO3. The van der Waals surface area contributed by atoms with Gasteiger partial charge in [-0.05, 0) is 32.3 Å². The second kappa shape index (κ2) is 6.83. The predicted octanol–water partition coefficient (Wildman–Crippen LogP) is 2.92. The number of piperidine rings is 1. The molecule has 4 heteroatoms. The summed E-state index contributed by atoms with van der Waals surface area (Å²) in [7, 11) is 0. The Kier molecular flexibility index (Phi) is 4.81. The van der Waals surface area contributed by atoms with Crippen LogP contribution in [0.25, 0.3) is 0 Å². The first-order valence-electron chi connectivity index (χ1n) is 8.58. The standard InChI is InChI=1S/C19H25NO3/c1-13(2)20-15-8-9-16(20)11-17(10-15)23-19(22)18(12-21)14-6-4-3-5-7-14/h3-7,12-13,15-18H,8-11H2,1-2H3/t15-,16+,17?,18?. The van der Waals surface area contributed by atoms with Gasteiger partial charge in [-0.25, -0.2) is 0 Å². The summed E-state index contributed by atoms with van der Waals surface area (Å²) in [5, 5.41) is 0. The average Bonchev–Trinajstić information content (AvgIpc) is 2.81. The van der Waals surface area contributed by atoms with Gasteiger partial charge in [-0.2, -0.15) is 0 Å². The van der Waals surface area contributed by atoms with Crippen LogP contribution in [0.1, 0.15) is 51.0 Å². The Labute approximate surface area is 137 Å². The van der Waals surface area contributed by atoms with Crippen molar-refractivity contribution >= 4 is 12.3 Å². The molecule has 0 spiro atoms. The number of aldehydes is 1. The third kappa shape index (κ3) is 3.32. The average molecular weight is 315 g/mol. The van der Waals surface area contributed by atoms with Gasteiger partial charge in [0.15, 0.2) is 0 Å². The lowest BCUT2D eigenvalue weighted by Crippen LogP contribution is -2.49. The zero-order valence-corrected chi connectivity index (χ0v) is 13.9. The van der Waals surface area contributed by atoms with Crippen LogP contribution >= 0.6 is 0 Å². The molecule has 2 fully saturated rings. The Hall–Kier alpha value is -1.68. The molecule has 2 bridgehead atoms. The molecule has 4 atom stereocenters. The van der Waals surface area contributed by atoms with Gasteiger partial charge in [-0.3, -0.25) is 9.69 Å². The molecule has 2 aliphatic heterocycles. The number of hydrogen-bond donors (Lipinski definition) is 0. The highest BCUT2D eigenvalue weighted by molar-refractivity contribution is 5.94. The number of hydrogen-bond acceptors (Lipinski definition) is 4. The number of benzene rings is 1. The largest absolute Gasteiger partial charge is 0.461 e. The Balaban J connectivity index is 1.64. The minimum atomic E-state index is -0.808.